The first-order valence-electron chi connectivity index (χ1n) is 8.67. The van der Waals surface area contributed by atoms with Crippen molar-refractivity contribution in [3.63, 3.8) is 0 Å². The highest BCUT2D eigenvalue weighted by Crippen LogP contribution is 2.33. The Labute approximate surface area is 128 Å². The van der Waals surface area contributed by atoms with Crippen molar-refractivity contribution in [1.29, 1.82) is 0 Å². The Hall–Kier alpha value is -1.25. The zero-order valence-electron chi connectivity index (χ0n) is 13.1. The molecule has 0 bridgehead atoms. The van der Waals surface area contributed by atoms with Crippen molar-refractivity contribution in [3.8, 4) is 0 Å². The van der Waals surface area contributed by atoms with Gasteiger partial charge in [0.25, 0.3) is 0 Å². The Morgan fingerprint density at radius 2 is 1.67 bits per heavy atom. The molecule has 1 heterocycles. The minimum Gasteiger partial charge on any atom is -0.353 e. The molecule has 1 aromatic heterocycles. The van der Waals surface area contributed by atoms with Crippen LogP contribution in [-0.4, -0.2) is 16.5 Å². The zero-order chi connectivity index (χ0) is 14.7. The normalized spacial score (nSPS) is 33.6. The van der Waals surface area contributed by atoms with E-state index in [0.29, 0.717) is 23.9 Å². The van der Waals surface area contributed by atoms with E-state index < -0.39 is 0 Å². The third kappa shape index (κ3) is 3.50. The molecule has 3 heteroatoms. The summed E-state index contributed by atoms with van der Waals surface area (Å²) in [6, 6.07) is 5.19. The van der Waals surface area contributed by atoms with E-state index in [2.05, 4.69) is 41.3 Å². The van der Waals surface area contributed by atoms with Gasteiger partial charge < -0.3 is 9.88 Å². The van der Waals surface area contributed by atoms with Gasteiger partial charge in [0.05, 0.1) is 0 Å². The molecule has 21 heavy (non-hydrogen) atoms. The highest BCUT2D eigenvalue weighted by atomic mass is 16.1. The summed E-state index contributed by atoms with van der Waals surface area (Å²) >= 11 is 0. The first-order valence-corrected chi connectivity index (χ1v) is 8.67. The fourth-order valence-electron chi connectivity index (χ4n) is 4.06. The lowest BCUT2D eigenvalue weighted by Crippen LogP contribution is -2.44. The van der Waals surface area contributed by atoms with Crippen molar-refractivity contribution in [1.82, 2.24) is 9.88 Å². The molecule has 1 N–H and O–H groups in total. The van der Waals surface area contributed by atoms with Crippen LogP contribution in [0, 0.1) is 11.8 Å². The quantitative estimate of drug-likeness (QED) is 0.899. The predicted octanol–water partition coefficient (Wildman–Crippen LogP) is 3.91. The lowest BCUT2D eigenvalue weighted by Gasteiger charge is -2.33. The number of hydrogen-bond acceptors (Lipinski definition) is 1. The van der Waals surface area contributed by atoms with E-state index in [1.807, 2.05) is 0 Å². The maximum Gasteiger partial charge on any atom is 0.223 e. The van der Waals surface area contributed by atoms with Crippen molar-refractivity contribution >= 4 is 5.91 Å². The third-order valence-electron chi connectivity index (χ3n) is 5.56. The van der Waals surface area contributed by atoms with Gasteiger partial charge in [0.2, 0.25) is 5.91 Å². The molecular weight excluding hydrogens is 260 g/mol. The molecule has 2 saturated carbocycles. The molecule has 2 atom stereocenters. The number of nitrogens with one attached hydrogen (secondary N) is 1. The number of carbonyl (C=O) groups is 1. The first kappa shape index (κ1) is 14.7. The topological polar surface area (TPSA) is 34.0 Å². The van der Waals surface area contributed by atoms with E-state index in [-0.39, 0.29) is 5.92 Å². The average molecular weight is 288 g/mol. The number of hydrogen-bond donors (Lipinski definition) is 1. The summed E-state index contributed by atoms with van der Waals surface area (Å²) < 4.78 is 2.30. The monoisotopic (exact) mass is 288 g/mol. The van der Waals surface area contributed by atoms with Crippen molar-refractivity contribution in [2.24, 2.45) is 11.8 Å². The van der Waals surface area contributed by atoms with E-state index in [1.165, 1.54) is 25.7 Å². The standard InChI is InChI=1S/C18H28N2O/c1-14-6-2-3-7-17(14)19-18(21)15-8-10-16(11-9-15)20-12-4-5-13-20/h4-5,12-17H,2-3,6-11H2,1H3,(H,19,21). The third-order valence-corrected chi connectivity index (χ3v) is 5.56. The Bertz CT molecular complexity index is 446. The molecule has 2 aliphatic carbocycles. The van der Waals surface area contributed by atoms with Crippen molar-refractivity contribution in [2.45, 2.75) is 70.4 Å². The summed E-state index contributed by atoms with van der Waals surface area (Å²) in [7, 11) is 0. The van der Waals surface area contributed by atoms with Crippen LogP contribution < -0.4 is 5.32 Å². The van der Waals surface area contributed by atoms with Crippen LogP contribution in [0.3, 0.4) is 0 Å². The van der Waals surface area contributed by atoms with Gasteiger partial charge in [0.15, 0.2) is 0 Å². The molecule has 3 nitrogen and oxygen atoms in total. The van der Waals surface area contributed by atoms with E-state index >= 15 is 0 Å². The molecule has 0 aromatic carbocycles. The molecule has 3 rings (SSSR count). The summed E-state index contributed by atoms with van der Waals surface area (Å²) in [4.78, 5) is 12.5. The SMILES string of the molecule is CC1CCCCC1NC(=O)C1CCC(n2cccc2)CC1. The molecule has 0 saturated heterocycles. The van der Waals surface area contributed by atoms with Gasteiger partial charge in [-0.3, -0.25) is 4.79 Å². The number of amides is 1. The van der Waals surface area contributed by atoms with Crippen LogP contribution in [0.25, 0.3) is 0 Å². The summed E-state index contributed by atoms with van der Waals surface area (Å²) in [5, 5.41) is 3.34. The molecule has 0 spiro atoms. The summed E-state index contributed by atoms with van der Waals surface area (Å²) in [6.45, 7) is 2.28. The van der Waals surface area contributed by atoms with E-state index in [4.69, 9.17) is 0 Å². The fraction of sp³-hybridized carbons (Fsp3) is 0.722. The van der Waals surface area contributed by atoms with Gasteiger partial charge in [0.1, 0.15) is 0 Å². The summed E-state index contributed by atoms with van der Waals surface area (Å²) in [5.74, 6) is 1.21. The fourth-order valence-corrected chi connectivity index (χ4v) is 4.06. The maximum atomic E-state index is 12.5. The van der Waals surface area contributed by atoms with Gasteiger partial charge in [-0.1, -0.05) is 19.8 Å². The van der Waals surface area contributed by atoms with Gasteiger partial charge in [-0.25, -0.2) is 0 Å². The summed E-state index contributed by atoms with van der Waals surface area (Å²) in [6.07, 6.45) is 13.7. The molecule has 2 fully saturated rings. The number of carbonyl (C=O) groups excluding carboxylic acids is 1. The molecule has 0 radical (unpaired) electrons. The molecule has 1 aromatic rings. The zero-order valence-corrected chi connectivity index (χ0v) is 13.1. The number of aromatic nitrogens is 1. The van der Waals surface area contributed by atoms with E-state index in [9.17, 15) is 4.79 Å². The van der Waals surface area contributed by atoms with Gasteiger partial charge >= 0.3 is 0 Å². The molecule has 2 aliphatic rings. The van der Waals surface area contributed by atoms with Crippen molar-refractivity contribution in [2.75, 3.05) is 0 Å². The van der Waals surface area contributed by atoms with Crippen molar-refractivity contribution in [3.05, 3.63) is 24.5 Å². The van der Waals surface area contributed by atoms with E-state index in [1.54, 1.807) is 0 Å². The van der Waals surface area contributed by atoms with Crippen LogP contribution in [-0.2, 0) is 4.79 Å². The maximum absolute atomic E-state index is 12.5. The second-order valence-corrected chi connectivity index (χ2v) is 7.01. The minimum absolute atomic E-state index is 0.242. The highest BCUT2D eigenvalue weighted by Gasteiger charge is 2.29. The number of rotatable bonds is 3. The average Bonchev–Trinajstić information content (AvgIpc) is 3.04. The molecule has 1 amide bonds. The molecule has 116 valence electrons. The van der Waals surface area contributed by atoms with Crippen LogP contribution in [0.2, 0.25) is 0 Å². The highest BCUT2D eigenvalue weighted by molar-refractivity contribution is 5.79. The Kier molecular flexibility index (Phi) is 4.67. The van der Waals surface area contributed by atoms with Crippen molar-refractivity contribution < 1.29 is 4.79 Å². The molecule has 2 unspecified atom stereocenters. The van der Waals surface area contributed by atoms with Gasteiger partial charge in [0, 0.05) is 30.4 Å². The first-order chi connectivity index (χ1) is 10.2. The van der Waals surface area contributed by atoms with Crippen LogP contribution >= 0.6 is 0 Å². The van der Waals surface area contributed by atoms with Gasteiger partial charge in [-0.15, -0.1) is 0 Å². The van der Waals surface area contributed by atoms with Crippen LogP contribution in [0.1, 0.15) is 64.3 Å². The Balaban J connectivity index is 1.48. The minimum atomic E-state index is 0.242. The second-order valence-electron chi connectivity index (χ2n) is 7.01. The number of nitrogens with zero attached hydrogens (tertiary/aromatic N) is 1. The lowest BCUT2D eigenvalue weighted by atomic mass is 9.83. The van der Waals surface area contributed by atoms with Crippen LogP contribution in [0.4, 0.5) is 0 Å². The molecule has 0 aliphatic heterocycles. The van der Waals surface area contributed by atoms with E-state index in [0.717, 1.165) is 25.7 Å². The lowest BCUT2D eigenvalue weighted by molar-refractivity contribution is -0.127. The van der Waals surface area contributed by atoms with Gasteiger partial charge in [-0.2, -0.15) is 0 Å². The Morgan fingerprint density at radius 1 is 1.00 bits per heavy atom. The summed E-state index contributed by atoms with van der Waals surface area (Å²) in [5.41, 5.74) is 0. The largest absolute Gasteiger partial charge is 0.353 e. The Morgan fingerprint density at radius 3 is 2.33 bits per heavy atom. The second kappa shape index (κ2) is 6.67. The molecular formula is C18H28N2O. The smallest absolute Gasteiger partial charge is 0.223 e. The predicted molar refractivity (Wildman–Crippen MR) is 85.0 cm³/mol. The van der Waals surface area contributed by atoms with Crippen LogP contribution in [0.15, 0.2) is 24.5 Å². The van der Waals surface area contributed by atoms with Gasteiger partial charge in [-0.05, 0) is 56.6 Å². The van der Waals surface area contributed by atoms with Crippen LogP contribution in [0.5, 0.6) is 0 Å².